The van der Waals surface area contributed by atoms with Crippen molar-refractivity contribution >= 4 is 27.6 Å². The molecule has 144 valence electrons. The molecule has 1 N–H and O–H groups in total. The SMILES string of the molecule is Cc1ccccc1NC(=O)COC(=O)c1cc(S(=O)(=O)N(C)C)ccc1C. The summed E-state index contributed by atoms with van der Waals surface area (Å²) in [7, 11) is -0.868. The number of amides is 1. The number of esters is 1. The summed E-state index contributed by atoms with van der Waals surface area (Å²) < 4.78 is 30.6. The molecular weight excluding hydrogens is 368 g/mol. The number of carbonyl (C=O) groups excluding carboxylic acids is 2. The van der Waals surface area contributed by atoms with Gasteiger partial charge in [0.1, 0.15) is 0 Å². The second kappa shape index (κ2) is 8.32. The Morgan fingerprint density at radius 2 is 1.70 bits per heavy atom. The van der Waals surface area contributed by atoms with E-state index >= 15 is 0 Å². The summed E-state index contributed by atoms with van der Waals surface area (Å²) in [5, 5.41) is 2.66. The van der Waals surface area contributed by atoms with Gasteiger partial charge in [0.05, 0.1) is 10.5 Å². The predicted octanol–water partition coefficient (Wildman–Crippen LogP) is 2.35. The van der Waals surface area contributed by atoms with Crippen LogP contribution in [-0.4, -0.2) is 45.3 Å². The first-order valence-corrected chi connectivity index (χ1v) is 9.62. The van der Waals surface area contributed by atoms with Gasteiger partial charge >= 0.3 is 5.97 Å². The van der Waals surface area contributed by atoms with Gasteiger partial charge in [0, 0.05) is 19.8 Å². The van der Waals surface area contributed by atoms with Crippen LogP contribution in [0.1, 0.15) is 21.5 Å². The van der Waals surface area contributed by atoms with E-state index in [1.165, 1.54) is 32.3 Å². The maximum atomic E-state index is 12.3. The van der Waals surface area contributed by atoms with Gasteiger partial charge in [-0.25, -0.2) is 17.5 Å². The van der Waals surface area contributed by atoms with Gasteiger partial charge in [0.25, 0.3) is 5.91 Å². The molecule has 7 nitrogen and oxygen atoms in total. The largest absolute Gasteiger partial charge is 0.452 e. The number of para-hydroxylation sites is 1. The van der Waals surface area contributed by atoms with E-state index in [4.69, 9.17) is 4.74 Å². The minimum absolute atomic E-state index is 0.0191. The molecule has 0 fully saturated rings. The molecule has 0 aromatic heterocycles. The zero-order valence-electron chi connectivity index (χ0n) is 15.6. The van der Waals surface area contributed by atoms with Crippen molar-refractivity contribution < 1.29 is 22.7 Å². The van der Waals surface area contributed by atoms with Gasteiger partial charge in [-0.2, -0.15) is 0 Å². The van der Waals surface area contributed by atoms with E-state index in [1.807, 2.05) is 19.1 Å². The number of rotatable bonds is 6. The maximum absolute atomic E-state index is 12.3. The van der Waals surface area contributed by atoms with Gasteiger partial charge in [-0.3, -0.25) is 4.79 Å². The molecule has 2 aromatic carbocycles. The third-order valence-corrected chi connectivity index (χ3v) is 5.77. The molecule has 0 heterocycles. The molecule has 0 radical (unpaired) electrons. The number of hydrogen-bond donors (Lipinski definition) is 1. The third-order valence-electron chi connectivity index (χ3n) is 3.96. The Hall–Kier alpha value is -2.71. The zero-order chi connectivity index (χ0) is 20.2. The Balaban J connectivity index is 2.10. The van der Waals surface area contributed by atoms with E-state index in [9.17, 15) is 18.0 Å². The minimum atomic E-state index is -3.68. The van der Waals surface area contributed by atoms with E-state index in [-0.39, 0.29) is 10.5 Å². The summed E-state index contributed by atoms with van der Waals surface area (Å²) in [5.74, 6) is -1.24. The summed E-state index contributed by atoms with van der Waals surface area (Å²) >= 11 is 0. The molecule has 8 heteroatoms. The average molecular weight is 390 g/mol. The van der Waals surface area contributed by atoms with Crippen molar-refractivity contribution in [3.05, 3.63) is 59.2 Å². The zero-order valence-corrected chi connectivity index (χ0v) is 16.5. The van der Waals surface area contributed by atoms with Crippen LogP contribution < -0.4 is 5.32 Å². The number of carbonyl (C=O) groups is 2. The van der Waals surface area contributed by atoms with E-state index in [1.54, 1.807) is 19.1 Å². The minimum Gasteiger partial charge on any atom is -0.452 e. The van der Waals surface area contributed by atoms with Gasteiger partial charge in [0.2, 0.25) is 10.0 Å². The molecule has 2 aromatic rings. The highest BCUT2D eigenvalue weighted by atomic mass is 32.2. The lowest BCUT2D eigenvalue weighted by molar-refractivity contribution is -0.119. The van der Waals surface area contributed by atoms with E-state index in [0.717, 1.165) is 9.87 Å². The molecule has 2 rings (SSSR count). The molecule has 0 unspecified atom stereocenters. The fourth-order valence-corrected chi connectivity index (χ4v) is 3.23. The lowest BCUT2D eigenvalue weighted by Crippen LogP contribution is -2.23. The molecule has 0 aliphatic rings. The van der Waals surface area contributed by atoms with E-state index in [0.29, 0.717) is 11.3 Å². The van der Waals surface area contributed by atoms with Gasteiger partial charge in [-0.05, 0) is 43.2 Å². The molecular formula is C19H22N2O5S. The van der Waals surface area contributed by atoms with Crippen LogP contribution in [0.3, 0.4) is 0 Å². The quantitative estimate of drug-likeness (QED) is 0.765. The molecule has 0 atom stereocenters. The highest BCUT2D eigenvalue weighted by Gasteiger charge is 2.21. The number of nitrogens with zero attached hydrogens (tertiary/aromatic N) is 1. The van der Waals surface area contributed by atoms with Crippen molar-refractivity contribution in [2.45, 2.75) is 18.7 Å². The highest BCUT2D eigenvalue weighted by Crippen LogP contribution is 2.19. The molecule has 27 heavy (non-hydrogen) atoms. The van der Waals surface area contributed by atoms with Crippen molar-refractivity contribution in [3.8, 4) is 0 Å². The number of nitrogens with one attached hydrogen (secondary N) is 1. The Bertz CT molecular complexity index is 968. The van der Waals surface area contributed by atoms with Crippen LogP contribution >= 0.6 is 0 Å². The van der Waals surface area contributed by atoms with Crippen molar-refractivity contribution in [1.82, 2.24) is 4.31 Å². The summed E-state index contributed by atoms with van der Waals surface area (Å²) in [4.78, 5) is 24.3. The first-order valence-electron chi connectivity index (χ1n) is 8.18. The number of aryl methyl sites for hydroxylation is 2. The smallest absolute Gasteiger partial charge is 0.338 e. The van der Waals surface area contributed by atoms with Gasteiger partial charge in [-0.15, -0.1) is 0 Å². The fourth-order valence-electron chi connectivity index (χ4n) is 2.30. The monoisotopic (exact) mass is 390 g/mol. The first-order chi connectivity index (χ1) is 12.6. The molecule has 0 spiro atoms. The Kier molecular flexibility index (Phi) is 6.35. The third kappa shape index (κ3) is 4.93. The molecule has 0 bridgehead atoms. The van der Waals surface area contributed by atoms with Gasteiger partial charge < -0.3 is 10.1 Å². The normalized spacial score (nSPS) is 11.3. The molecule has 0 aliphatic heterocycles. The van der Waals surface area contributed by atoms with Gasteiger partial charge in [0.15, 0.2) is 6.61 Å². The Morgan fingerprint density at radius 1 is 1.04 bits per heavy atom. The fraction of sp³-hybridized carbons (Fsp3) is 0.263. The van der Waals surface area contributed by atoms with Crippen molar-refractivity contribution in [3.63, 3.8) is 0 Å². The second-order valence-electron chi connectivity index (χ2n) is 6.20. The number of hydrogen-bond acceptors (Lipinski definition) is 5. The molecule has 0 aliphatic carbocycles. The van der Waals surface area contributed by atoms with Crippen LogP contribution in [-0.2, 0) is 19.6 Å². The summed E-state index contributed by atoms with van der Waals surface area (Å²) in [6.45, 7) is 3.04. The van der Waals surface area contributed by atoms with Crippen molar-refractivity contribution in [2.24, 2.45) is 0 Å². The van der Waals surface area contributed by atoms with Crippen LogP contribution in [0.15, 0.2) is 47.4 Å². The average Bonchev–Trinajstić information content (AvgIpc) is 2.61. The van der Waals surface area contributed by atoms with Gasteiger partial charge in [-0.1, -0.05) is 24.3 Å². The number of anilines is 1. The number of ether oxygens (including phenoxy) is 1. The summed E-state index contributed by atoms with van der Waals surface area (Å²) in [5.41, 5.74) is 2.17. The Labute approximate surface area is 159 Å². The van der Waals surface area contributed by atoms with Crippen LogP contribution in [0.4, 0.5) is 5.69 Å². The Morgan fingerprint density at radius 3 is 2.33 bits per heavy atom. The topological polar surface area (TPSA) is 92.8 Å². The molecule has 1 amide bonds. The van der Waals surface area contributed by atoms with E-state index in [2.05, 4.69) is 5.32 Å². The summed E-state index contributed by atoms with van der Waals surface area (Å²) in [6, 6.07) is 11.4. The number of benzene rings is 2. The lowest BCUT2D eigenvalue weighted by atomic mass is 10.1. The molecule has 0 saturated heterocycles. The van der Waals surface area contributed by atoms with Crippen LogP contribution in [0.5, 0.6) is 0 Å². The van der Waals surface area contributed by atoms with Crippen molar-refractivity contribution in [2.75, 3.05) is 26.0 Å². The molecule has 0 saturated carbocycles. The first kappa shape index (κ1) is 20.6. The number of sulfonamides is 1. The van der Waals surface area contributed by atoms with Crippen LogP contribution in [0, 0.1) is 13.8 Å². The summed E-state index contributed by atoms with van der Waals surface area (Å²) in [6.07, 6.45) is 0. The van der Waals surface area contributed by atoms with E-state index < -0.39 is 28.5 Å². The standard InChI is InChI=1S/C19H22N2O5S/c1-13-9-10-15(27(24,25)21(3)4)11-16(13)19(23)26-12-18(22)20-17-8-6-5-7-14(17)2/h5-11H,12H2,1-4H3,(H,20,22). The van der Waals surface area contributed by atoms with Crippen LogP contribution in [0.25, 0.3) is 0 Å². The van der Waals surface area contributed by atoms with Crippen LogP contribution in [0.2, 0.25) is 0 Å². The second-order valence-corrected chi connectivity index (χ2v) is 8.36. The van der Waals surface area contributed by atoms with Crippen molar-refractivity contribution in [1.29, 1.82) is 0 Å². The highest BCUT2D eigenvalue weighted by molar-refractivity contribution is 7.89. The lowest BCUT2D eigenvalue weighted by Gasteiger charge is -2.13. The predicted molar refractivity (Wildman–Crippen MR) is 102 cm³/mol. The maximum Gasteiger partial charge on any atom is 0.338 e.